The molecule has 1 saturated heterocycles. The van der Waals surface area contributed by atoms with E-state index in [-0.39, 0.29) is 0 Å². The van der Waals surface area contributed by atoms with Gasteiger partial charge in [0.05, 0.1) is 13.2 Å². The van der Waals surface area contributed by atoms with E-state index in [0.29, 0.717) is 5.54 Å². The molecule has 2 atom stereocenters. The van der Waals surface area contributed by atoms with Crippen molar-refractivity contribution >= 4 is 0 Å². The van der Waals surface area contributed by atoms with Crippen LogP contribution in [0.5, 0.6) is 0 Å². The maximum absolute atomic E-state index is 5.57. The molecule has 0 radical (unpaired) electrons. The van der Waals surface area contributed by atoms with Crippen LogP contribution in [0.4, 0.5) is 0 Å². The Morgan fingerprint density at radius 2 is 2.33 bits per heavy atom. The fourth-order valence-electron chi connectivity index (χ4n) is 2.57. The molecule has 0 aromatic rings. The van der Waals surface area contributed by atoms with E-state index in [2.05, 4.69) is 12.2 Å². The van der Waals surface area contributed by atoms with Gasteiger partial charge in [0.2, 0.25) is 0 Å². The Balaban J connectivity index is 2.04. The van der Waals surface area contributed by atoms with Gasteiger partial charge in [-0.1, -0.05) is 19.8 Å². The van der Waals surface area contributed by atoms with E-state index in [1.165, 1.54) is 25.7 Å². The van der Waals surface area contributed by atoms with Crippen LogP contribution < -0.4 is 5.32 Å². The zero-order valence-corrected chi connectivity index (χ0v) is 7.94. The first-order valence-corrected chi connectivity index (χ1v) is 5.16. The monoisotopic (exact) mass is 169 g/mol. The fraction of sp³-hybridized carbons (Fsp3) is 1.00. The first kappa shape index (κ1) is 8.52. The lowest BCUT2D eigenvalue weighted by molar-refractivity contribution is -0.0161. The van der Waals surface area contributed by atoms with Crippen molar-refractivity contribution in [1.29, 1.82) is 0 Å². The quantitative estimate of drug-likeness (QED) is 0.594. The smallest absolute Gasteiger partial charge is 0.0651 e. The summed E-state index contributed by atoms with van der Waals surface area (Å²) in [5.41, 5.74) is 0.344. The van der Waals surface area contributed by atoms with Gasteiger partial charge in [0.15, 0.2) is 0 Å². The molecule has 2 aliphatic rings. The van der Waals surface area contributed by atoms with Crippen molar-refractivity contribution in [2.45, 2.75) is 38.1 Å². The number of hydrogen-bond donors (Lipinski definition) is 1. The van der Waals surface area contributed by atoms with E-state index in [1.807, 2.05) is 0 Å². The zero-order valence-electron chi connectivity index (χ0n) is 7.94. The van der Waals surface area contributed by atoms with Gasteiger partial charge in [0, 0.05) is 12.1 Å². The minimum atomic E-state index is 0.344. The molecule has 1 aliphatic heterocycles. The van der Waals surface area contributed by atoms with Crippen LogP contribution in [-0.4, -0.2) is 25.3 Å². The summed E-state index contributed by atoms with van der Waals surface area (Å²) in [4.78, 5) is 0. The Morgan fingerprint density at radius 3 is 3.00 bits per heavy atom. The number of ether oxygens (including phenoxy) is 1. The summed E-state index contributed by atoms with van der Waals surface area (Å²) < 4.78 is 5.57. The van der Waals surface area contributed by atoms with Crippen molar-refractivity contribution in [2.24, 2.45) is 5.92 Å². The molecule has 0 aromatic carbocycles. The van der Waals surface area contributed by atoms with Gasteiger partial charge in [-0.15, -0.1) is 0 Å². The Kier molecular flexibility index (Phi) is 2.37. The molecule has 2 nitrogen and oxygen atoms in total. The Labute approximate surface area is 74.7 Å². The van der Waals surface area contributed by atoms with E-state index in [0.717, 1.165) is 25.7 Å². The van der Waals surface area contributed by atoms with E-state index >= 15 is 0 Å². The average molecular weight is 169 g/mol. The summed E-state index contributed by atoms with van der Waals surface area (Å²) >= 11 is 0. The highest BCUT2D eigenvalue weighted by molar-refractivity contribution is 4.96. The van der Waals surface area contributed by atoms with Crippen molar-refractivity contribution in [2.75, 3.05) is 19.8 Å². The molecule has 2 heteroatoms. The van der Waals surface area contributed by atoms with E-state index in [1.54, 1.807) is 0 Å². The lowest BCUT2D eigenvalue weighted by atomic mass is 9.73. The standard InChI is InChI=1S/C10H19NO/c1-9-4-2-3-5-10(9)8-12-7-6-11-10/h9,11H,2-8H2,1H3. The molecule has 0 aromatic heterocycles. The van der Waals surface area contributed by atoms with Gasteiger partial charge < -0.3 is 10.1 Å². The molecular formula is C10H19NO. The van der Waals surface area contributed by atoms with E-state index < -0.39 is 0 Å². The molecule has 1 spiro atoms. The largest absolute Gasteiger partial charge is 0.378 e. The van der Waals surface area contributed by atoms with Crippen molar-refractivity contribution in [3.8, 4) is 0 Å². The number of nitrogens with one attached hydrogen (secondary N) is 1. The first-order valence-electron chi connectivity index (χ1n) is 5.16. The predicted molar refractivity (Wildman–Crippen MR) is 49.2 cm³/mol. The molecule has 1 heterocycles. The van der Waals surface area contributed by atoms with Crippen LogP contribution in [0.15, 0.2) is 0 Å². The second kappa shape index (κ2) is 3.35. The average Bonchev–Trinajstić information content (AvgIpc) is 2.12. The van der Waals surface area contributed by atoms with Gasteiger partial charge in [0.1, 0.15) is 0 Å². The van der Waals surface area contributed by atoms with Crippen LogP contribution in [0.25, 0.3) is 0 Å². The molecule has 1 N–H and O–H groups in total. The Bertz CT molecular complexity index is 144. The topological polar surface area (TPSA) is 21.3 Å². The fourth-order valence-corrected chi connectivity index (χ4v) is 2.57. The lowest BCUT2D eigenvalue weighted by Gasteiger charge is -2.45. The summed E-state index contributed by atoms with van der Waals surface area (Å²) in [6.45, 7) is 5.24. The van der Waals surface area contributed by atoms with Crippen LogP contribution in [0.3, 0.4) is 0 Å². The summed E-state index contributed by atoms with van der Waals surface area (Å²) in [6.07, 6.45) is 5.47. The SMILES string of the molecule is CC1CCCCC12COCCN2. The van der Waals surface area contributed by atoms with Crippen molar-refractivity contribution in [3.63, 3.8) is 0 Å². The summed E-state index contributed by atoms with van der Waals surface area (Å²) in [7, 11) is 0. The van der Waals surface area contributed by atoms with Crippen LogP contribution in [0.2, 0.25) is 0 Å². The van der Waals surface area contributed by atoms with E-state index in [4.69, 9.17) is 4.74 Å². The molecular weight excluding hydrogens is 150 g/mol. The van der Waals surface area contributed by atoms with Crippen LogP contribution in [0.1, 0.15) is 32.6 Å². The molecule has 0 amide bonds. The molecule has 0 bridgehead atoms. The molecule has 12 heavy (non-hydrogen) atoms. The molecule has 1 saturated carbocycles. The zero-order chi connectivity index (χ0) is 8.44. The third-order valence-electron chi connectivity index (χ3n) is 3.54. The highest BCUT2D eigenvalue weighted by Crippen LogP contribution is 2.34. The minimum Gasteiger partial charge on any atom is -0.378 e. The Morgan fingerprint density at radius 1 is 1.42 bits per heavy atom. The van der Waals surface area contributed by atoms with Gasteiger partial charge >= 0.3 is 0 Å². The van der Waals surface area contributed by atoms with Crippen LogP contribution in [0, 0.1) is 5.92 Å². The normalized spacial score (nSPS) is 43.2. The van der Waals surface area contributed by atoms with Crippen molar-refractivity contribution in [1.82, 2.24) is 5.32 Å². The molecule has 70 valence electrons. The molecule has 2 unspecified atom stereocenters. The third-order valence-corrected chi connectivity index (χ3v) is 3.54. The van der Waals surface area contributed by atoms with Gasteiger partial charge in [-0.25, -0.2) is 0 Å². The third kappa shape index (κ3) is 1.38. The van der Waals surface area contributed by atoms with Crippen LogP contribution >= 0.6 is 0 Å². The van der Waals surface area contributed by atoms with Gasteiger partial charge in [0.25, 0.3) is 0 Å². The maximum Gasteiger partial charge on any atom is 0.0651 e. The van der Waals surface area contributed by atoms with Gasteiger partial charge in [-0.3, -0.25) is 0 Å². The van der Waals surface area contributed by atoms with Crippen molar-refractivity contribution in [3.05, 3.63) is 0 Å². The van der Waals surface area contributed by atoms with Crippen molar-refractivity contribution < 1.29 is 4.74 Å². The lowest BCUT2D eigenvalue weighted by Crippen LogP contribution is -2.59. The summed E-state index contributed by atoms with van der Waals surface area (Å²) in [6, 6.07) is 0. The highest BCUT2D eigenvalue weighted by Gasteiger charge is 2.39. The minimum absolute atomic E-state index is 0.344. The summed E-state index contributed by atoms with van der Waals surface area (Å²) in [5.74, 6) is 0.798. The maximum atomic E-state index is 5.57. The first-order chi connectivity index (χ1) is 5.83. The van der Waals surface area contributed by atoms with E-state index in [9.17, 15) is 0 Å². The number of rotatable bonds is 0. The van der Waals surface area contributed by atoms with Gasteiger partial charge in [-0.2, -0.15) is 0 Å². The second-order valence-corrected chi connectivity index (χ2v) is 4.28. The predicted octanol–water partition coefficient (Wildman–Crippen LogP) is 1.56. The van der Waals surface area contributed by atoms with Gasteiger partial charge in [-0.05, 0) is 18.8 Å². The second-order valence-electron chi connectivity index (χ2n) is 4.28. The molecule has 1 aliphatic carbocycles. The number of hydrogen-bond acceptors (Lipinski definition) is 2. The number of morpholine rings is 1. The van der Waals surface area contributed by atoms with Crippen LogP contribution in [-0.2, 0) is 4.74 Å². The Hall–Kier alpha value is -0.0800. The molecule has 2 fully saturated rings. The summed E-state index contributed by atoms with van der Waals surface area (Å²) in [5, 5.41) is 3.66. The molecule has 2 rings (SSSR count). The highest BCUT2D eigenvalue weighted by atomic mass is 16.5.